The van der Waals surface area contributed by atoms with Crippen molar-refractivity contribution in [3.05, 3.63) is 41.4 Å². The number of thiazole rings is 1. The number of methoxy groups -OCH3 is 1. The first-order valence-corrected chi connectivity index (χ1v) is 11.8. The van der Waals surface area contributed by atoms with Crippen molar-refractivity contribution in [1.29, 1.82) is 0 Å². The fourth-order valence-electron chi connectivity index (χ4n) is 3.80. The number of ether oxygens (including phenoxy) is 1. The molecule has 0 aliphatic heterocycles. The maximum Gasteiger partial charge on any atom is 0.239 e. The number of nitrogens with zero attached hydrogens (tertiary/aromatic N) is 2. The molecule has 2 aromatic rings. The van der Waals surface area contributed by atoms with Crippen LogP contribution in [0.15, 0.2) is 35.8 Å². The summed E-state index contributed by atoms with van der Waals surface area (Å²) in [5.74, 6) is 0.145. The molecule has 32 heavy (non-hydrogen) atoms. The first-order valence-electron chi connectivity index (χ1n) is 10.9. The molecule has 1 fully saturated rings. The molecule has 1 aromatic heterocycles. The van der Waals surface area contributed by atoms with Crippen LogP contribution in [0.5, 0.6) is 5.75 Å². The highest BCUT2D eigenvalue weighted by atomic mass is 32.1. The van der Waals surface area contributed by atoms with Gasteiger partial charge in [0.25, 0.3) is 0 Å². The lowest BCUT2D eigenvalue weighted by Gasteiger charge is -2.34. The minimum atomic E-state index is -0.249. The fraction of sp³-hybridized carbons (Fsp3) is 0.478. The summed E-state index contributed by atoms with van der Waals surface area (Å²) in [7, 11) is 1.61. The van der Waals surface area contributed by atoms with E-state index >= 15 is 0 Å². The normalized spacial score (nSPS) is 13.9. The lowest BCUT2D eigenvalue weighted by Crippen LogP contribution is -2.47. The van der Waals surface area contributed by atoms with Crippen LogP contribution in [0.4, 0.5) is 5.13 Å². The average Bonchev–Trinajstić information content (AvgIpc) is 3.33. The Balaban J connectivity index is 1.53. The van der Waals surface area contributed by atoms with Crippen LogP contribution in [0.1, 0.15) is 50.5 Å². The van der Waals surface area contributed by atoms with E-state index in [4.69, 9.17) is 4.74 Å². The van der Waals surface area contributed by atoms with E-state index in [-0.39, 0.29) is 43.1 Å². The summed E-state index contributed by atoms with van der Waals surface area (Å²) >= 11 is 1.33. The number of hydrogen-bond acceptors (Lipinski definition) is 6. The first kappa shape index (κ1) is 23.7. The van der Waals surface area contributed by atoms with E-state index in [0.29, 0.717) is 11.7 Å². The minimum Gasteiger partial charge on any atom is -0.497 e. The Morgan fingerprint density at radius 2 is 1.84 bits per heavy atom. The molecule has 0 bridgehead atoms. The predicted octanol–water partition coefficient (Wildman–Crippen LogP) is 3.35. The molecular formula is C23H30N4O4S. The lowest BCUT2D eigenvalue weighted by molar-refractivity contribution is -0.139. The molecule has 1 heterocycles. The average molecular weight is 459 g/mol. The third kappa shape index (κ3) is 7.33. The molecule has 0 saturated heterocycles. The van der Waals surface area contributed by atoms with Gasteiger partial charge >= 0.3 is 0 Å². The third-order valence-electron chi connectivity index (χ3n) is 5.54. The largest absolute Gasteiger partial charge is 0.497 e. The Hall–Kier alpha value is -2.94. The molecule has 1 aliphatic rings. The lowest BCUT2D eigenvalue weighted by atomic mass is 9.94. The maximum atomic E-state index is 13.0. The number of rotatable bonds is 10. The van der Waals surface area contributed by atoms with Crippen molar-refractivity contribution in [2.24, 2.45) is 0 Å². The Bertz CT molecular complexity index is 880. The molecule has 0 unspecified atom stereocenters. The number of benzene rings is 1. The third-order valence-corrected chi connectivity index (χ3v) is 6.23. The van der Waals surface area contributed by atoms with Crippen LogP contribution in [0.2, 0.25) is 0 Å². The summed E-state index contributed by atoms with van der Waals surface area (Å²) in [6.45, 7) is 0.388. The van der Waals surface area contributed by atoms with Gasteiger partial charge in [-0.25, -0.2) is 4.98 Å². The van der Waals surface area contributed by atoms with Crippen LogP contribution in [0, 0.1) is 0 Å². The summed E-state index contributed by atoms with van der Waals surface area (Å²) in [5, 5.41) is 7.88. The van der Waals surface area contributed by atoms with Crippen LogP contribution in [0.25, 0.3) is 0 Å². The van der Waals surface area contributed by atoms with E-state index in [2.05, 4.69) is 15.6 Å². The highest BCUT2D eigenvalue weighted by Gasteiger charge is 2.27. The van der Waals surface area contributed by atoms with Gasteiger partial charge in [0.1, 0.15) is 5.75 Å². The van der Waals surface area contributed by atoms with E-state index in [0.717, 1.165) is 43.4 Å². The van der Waals surface area contributed by atoms with Crippen LogP contribution < -0.4 is 15.4 Å². The molecule has 0 radical (unpaired) electrons. The van der Waals surface area contributed by atoms with Crippen LogP contribution in [0.3, 0.4) is 0 Å². The topological polar surface area (TPSA) is 101 Å². The van der Waals surface area contributed by atoms with Crippen molar-refractivity contribution < 1.29 is 19.1 Å². The van der Waals surface area contributed by atoms with Crippen LogP contribution in [-0.2, 0) is 20.9 Å². The quantitative estimate of drug-likeness (QED) is 0.569. The second-order valence-electron chi connectivity index (χ2n) is 7.82. The molecule has 0 atom stereocenters. The highest BCUT2D eigenvalue weighted by molar-refractivity contribution is 7.13. The van der Waals surface area contributed by atoms with Gasteiger partial charge in [-0.1, -0.05) is 31.4 Å². The summed E-state index contributed by atoms with van der Waals surface area (Å²) in [6, 6.07) is 7.52. The van der Waals surface area contributed by atoms with E-state index in [1.165, 1.54) is 11.3 Å². The van der Waals surface area contributed by atoms with Crippen molar-refractivity contribution in [3.63, 3.8) is 0 Å². The van der Waals surface area contributed by atoms with Gasteiger partial charge in [-0.15, -0.1) is 11.3 Å². The highest BCUT2D eigenvalue weighted by Crippen LogP contribution is 2.23. The van der Waals surface area contributed by atoms with E-state index in [1.54, 1.807) is 23.6 Å². The molecule has 1 aromatic carbocycles. The second-order valence-corrected chi connectivity index (χ2v) is 8.72. The second kappa shape index (κ2) is 12.2. The van der Waals surface area contributed by atoms with Gasteiger partial charge in [0.2, 0.25) is 17.7 Å². The Labute approximate surface area is 192 Å². The molecule has 3 rings (SSSR count). The standard InChI is InChI=1S/C23H30N4O4S/c1-31-19-9-7-17(8-10-19)15-25-21(29)16-27(18-5-3-2-4-6-18)22(30)12-11-20(28)26-23-24-13-14-32-23/h7-10,13-14,18H,2-6,11-12,15-16H2,1H3,(H,25,29)(H,24,26,28). The number of nitrogens with one attached hydrogen (secondary N) is 2. The smallest absolute Gasteiger partial charge is 0.239 e. The predicted molar refractivity (Wildman–Crippen MR) is 123 cm³/mol. The zero-order chi connectivity index (χ0) is 22.8. The van der Waals surface area contributed by atoms with Gasteiger partial charge in [-0.2, -0.15) is 0 Å². The van der Waals surface area contributed by atoms with Gasteiger partial charge in [0, 0.05) is 37.0 Å². The minimum absolute atomic E-state index is 0.00769. The molecule has 1 aliphatic carbocycles. The maximum absolute atomic E-state index is 13.0. The van der Waals surface area contributed by atoms with Crippen molar-refractivity contribution in [2.75, 3.05) is 19.0 Å². The SMILES string of the molecule is COc1ccc(CNC(=O)CN(C(=O)CCC(=O)Nc2nccs2)C2CCCCC2)cc1. The summed E-state index contributed by atoms with van der Waals surface area (Å²) in [4.78, 5) is 43.4. The number of hydrogen-bond donors (Lipinski definition) is 2. The van der Waals surface area contributed by atoms with E-state index < -0.39 is 0 Å². The van der Waals surface area contributed by atoms with Gasteiger partial charge in [-0.3, -0.25) is 14.4 Å². The molecular weight excluding hydrogens is 428 g/mol. The molecule has 2 N–H and O–H groups in total. The van der Waals surface area contributed by atoms with Gasteiger partial charge in [-0.05, 0) is 30.5 Å². The summed E-state index contributed by atoms with van der Waals surface area (Å²) < 4.78 is 5.15. The number of carbonyl (C=O) groups excluding carboxylic acids is 3. The molecule has 8 nitrogen and oxygen atoms in total. The van der Waals surface area contributed by atoms with Gasteiger partial charge in [0.15, 0.2) is 5.13 Å². The molecule has 172 valence electrons. The van der Waals surface area contributed by atoms with Crippen molar-refractivity contribution in [2.45, 2.75) is 57.5 Å². The van der Waals surface area contributed by atoms with Crippen LogP contribution in [-0.4, -0.2) is 47.3 Å². The number of carbonyl (C=O) groups is 3. The first-order chi connectivity index (χ1) is 15.5. The Kier molecular flexibility index (Phi) is 9.03. The number of aromatic nitrogens is 1. The van der Waals surface area contributed by atoms with Crippen molar-refractivity contribution >= 4 is 34.2 Å². The Morgan fingerprint density at radius 3 is 2.50 bits per heavy atom. The number of anilines is 1. The van der Waals surface area contributed by atoms with Crippen LogP contribution >= 0.6 is 11.3 Å². The zero-order valence-corrected chi connectivity index (χ0v) is 19.2. The number of amides is 3. The molecule has 0 spiro atoms. The Morgan fingerprint density at radius 1 is 1.09 bits per heavy atom. The zero-order valence-electron chi connectivity index (χ0n) is 18.3. The van der Waals surface area contributed by atoms with Crippen molar-refractivity contribution in [3.8, 4) is 5.75 Å². The molecule has 9 heteroatoms. The summed E-state index contributed by atoms with van der Waals surface area (Å²) in [6.07, 6.45) is 6.78. The van der Waals surface area contributed by atoms with E-state index in [9.17, 15) is 14.4 Å². The molecule has 3 amide bonds. The van der Waals surface area contributed by atoms with Gasteiger partial charge < -0.3 is 20.3 Å². The summed E-state index contributed by atoms with van der Waals surface area (Å²) in [5.41, 5.74) is 0.952. The molecule has 1 saturated carbocycles. The van der Waals surface area contributed by atoms with E-state index in [1.807, 2.05) is 24.3 Å². The van der Waals surface area contributed by atoms with Gasteiger partial charge in [0.05, 0.1) is 13.7 Å². The van der Waals surface area contributed by atoms with Crippen molar-refractivity contribution in [1.82, 2.24) is 15.2 Å². The fourth-order valence-corrected chi connectivity index (χ4v) is 4.34. The monoisotopic (exact) mass is 458 g/mol.